The van der Waals surface area contributed by atoms with Crippen LogP contribution in [0.2, 0.25) is 0 Å². The van der Waals surface area contributed by atoms with Gasteiger partial charge in [-0.25, -0.2) is 0 Å². The van der Waals surface area contributed by atoms with Crippen LogP contribution in [-0.4, -0.2) is 11.7 Å². The van der Waals surface area contributed by atoms with Gasteiger partial charge in [0.05, 0.1) is 17.2 Å². The fourth-order valence-corrected chi connectivity index (χ4v) is 2.96. The number of benzene rings is 2. The highest BCUT2D eigenvalue weighted by Crippen LogP contribution is 2.29. The van der Waals surface area contributed by atoms with E-state index in [2.05, 4.69) is 31.9 Å². The summed E-state index contributed by atoms with van der Waals surface area (Å²) in [5.74, 6) is 0.797. The summed E-state index contributed by atoms with van der Waals surface area (Å²) in [6.07, 6.45) is 0.0520. The van der Waals surface area contributed by atoms with Crippen LogP contribution in [-0.2, 0) is 6.42 Å². The Morgan fingerprint density at radius 1 is 1.15 bits per heavy atom. The van der Waals surface area contributed by atoms with Gasteiger partial charge in [0.1, 0.15) is 5.75 Å². The van der Waals surface area contributed by atoms with E-state index in [1.165, 1.54) is 0 Å². The van der Waals surface area contributed by atoms with E-state index >= 15 is 0 Å². The maximum atomic E-state index is 10.3. The number of aliphatic hydroxyl groups excluding tert-OH is 1. The van der Waals surface area contributed by atoms with Gasteiger partial charge in [-0.05, 0) is 58.2 Å². The minimum atomic E-state index is -0.531. The third-order valence-corrected chi connectivity index (χ3v) is 4.07. The number of aliphatic hydroxyl groups is 1. The van der Waals surface area contributed by atoms with Crippen LogP contribution in [0.25, 0.3) is 0 Å². The molecule has 2 rings (SSSR count). The zero-order valence-corrected chi connectivity index (χ0v) is 14.3. The van der Waals surface area contributed by atoms with E-state index in [0.29, 0.717) is 13.0 Å². The van der Waals surface area contributed by atoms with Crippen molar-refractivity contribution in [1.82, 2.24) is 0 Å². The fraction of sp³-hybridized carbons (Fsp3) is 0.250. The summed E-state index contributed by atoms with van der Waals surface area (Å²) in [6.45, 7) is 2.57. The number of hydrogen-bond donors (Lipinski definition) is 1. The topological polar surface area (TPSA) is 29.5 Å². The van der Waals surface area contributed by atoms with Crippen molar-refractivity contribution < 1.29 is 9.84 Å². The Balaban J connectivity index is 2.13. The molecule has 0 saturated carbocycles. The zero-order chi connectivity index (χ0) is 14.5. The molecule has 1 atom stereocenters. The summed E-state index contributed by atoms with van der Waals surface area (Å²) in [6, 6.07) is 13.7. The first-order valence-electron chi connectivity index (χ1n) is 6.45. The highest BCUT2D eigenvalue weighted by atomic mass is 79.9. The van der Waals surface area contributed by atoms with E-state index in [9.17, 15) is 5.11 Å². The molecular formula is C16H16Br2O2. The first kappa shape index (κ1) is 15.5. The van der Waals surface area contributed by atoms with Gasteiger partial charge in [-0.3, -0.25) is 0 Å². The van der Waals surface area contributed by atoms with Crippen molar-refractivity contribution in [2.24, 2.45) is 0 Å². The molecule has 0 aromatic heterocycles. The van der Waals surface area contributed by atoms with Gasteiger partial charge in [-0.1, -0.05) is 34.1 Å². The Kier molecular flexibility index (Phi) is 5.64. The van der Waals surface area contributed by atoms with E-state index in [0.717, 1.165) is 25.8 Å². The molecular weight excluding hydrogens is 384 g/mol. The molecule has 2 aromatic carbocycles. The van der Waals surface area contributed by atoms with Crippen LogP contribution in [0.5, 0.6) is 5.75 Å². The minimum absolute atomic E-state index is 0.531. The average molecular weight is 400 g/mol. The van der Waals surface area contributed by atoms with Crippen molar-refractivity contribution in [3.63, 3.8) is 0 Å². The molecule has 0 spiro atoms. The van der Waals surface area contributed by atoms with E-state index in [4.69, 9.17) is 4.74 Å². The van der Waals surface area contributed by atoms with Crippen LogP contribution in [0.4, 0.5) is 0 Å². The molecule has 1 N–H and O–H groups in total. The molecule has 0 aliphatic carbocycles. The second kappa shape index (κ2) is 7.25. The Morgan fingerprint density at radius 2 is 1.95 bits per heavy atom. The summed E-state index contributed by atoms with van der Waals surface area (Å²) in [4.78, 5) is 0. The Bertz CT molecular complexity index is 584. The van der Waals surface area contributed by atoms with Crippen LogP contribution >= 0.6 is 31.9 Å². The zero-order valence-electron chi connectivity index (χ0n) is 11.1. The highest BCUT2D eigenvalue weighted by Gasteiger charge is 2.11. The van der Waals surface area contributed by atoms with Crippen LogP contribution < -0.4 is 4.74 Å². The van der Waals surface area contributed by atoms with Crippen LogP contribution in [0.1, 0.15) is 24.2 Å². The lowest BCUT2D eigenvalue weighted by Crippen LogP contribution is -2.02. The van der Waals surface area contributed by atoms with Crippen LogP contribution in [0.15, 0.2) is 51.4 Å². The van der Waals surface area contributed by atoms with Crippen molar-refractivity contribution >= 4 is 31.9 Å². The summed E-state index contributed by atoms with van der Waals surface area (Å²) in [5.41, 5.74) is 1.97. The Hall–Kier alpha value is -0.840. The van der Waals surface area contributed by atoms with E-state index < -0.39 is 6.10 Å². The number of halogens is 2. The molecule has 2 nitrogen and oxygen atoms in total. The van der Waals surface area contributed by atoms with Gasteiger partial charge in [0.2, 0.25) is 0 Å². The molecule has 0 aliphatic heterocycles. The molecule has 0 amide bonds. The monoisotopic (exact) mass is 398 g/mol. The SMILES string of the molecule is CCOc1ccc(C(O)Cc2cccc(Br)c2)cc1Br. The Labute approximate surface area is 136 Å². The molecule has 0 saturated heterocycles. The second-order valence-corrected chi connectivity index (χ2v) is 6.24. The quantitative estimate of drug-likeness (QED) is 0.775. The maximum Gasteiger partial charge on any atom is 0.133 e. The molecule has 0 fully saturated rings. The standard InChI is InChI=1S/C16H16Br2O2/c1-2-20-16-7-6-12(10-14(16)18)15(19)9-11-4-3-5-13(17)8-11/h3-8,10,15,19H,2,9H2,1H3. The molecule has 1 unspecified atom stereocenters. The first-order chi connectivity index (χ1) is 9.60. The third kappa shape index (κ3) is 4.08. The smallest absolute Gasteiger partial charge is 0.133 e. The molecule has 0 heterocycles. The lowest BCUT2D eigenvalue weighted by molar-refractivity contribution is 0.178. The molecule has 2 aromatic rings. The van der Waals surface area contributed by atoms with Crippen molar-refractivity contribution in [3.05, 3.63) is 62.5 Å². The average Bonchev–Trinajstić information content (AvgIpc) is 2.41. The normalized spacial score (nSPS) is 12.2. The fourth-order valence-electron chi connectivity index (χ4n) is 2.00. The highest BCUT2D eigenvalue weighted by molar-refractivity contribution is 9.10. The predicted molar refractivity (Wildman–Crippen MR) is 88.1 cm³/mol. The van der Waals surface area contributed by atoms with Crippen LogP contribution in [0, 0.1) is 0 Å². The molecule has 0 radical (unpaired) electrons. The van der Waals surface area contributed by atoms with E-state index in [-0.39, 0.29) is 0 Å². The minimum Gasteiger partial charge on any atom is -0.493 e. The van der Waals surface area contributed by atoms with Gasteiger partial charge in [0.25, 0.3) is 0 Å². The largest absolute Gasteiger partial charge is 0.493 e. The maximum absolute atomic E-state index is 10.3. The second-order valence-electron chi connectivity index (χ2n) is 4.47. The van der Waals surface area contributed by atoms with E-state index in [1.54, 1.807) is 0 Å². The summed E-state index contributed by atoms with van der Waals surface area (Å²) in [5, 5.41) is 10.3. The van der Waals surface area contributed by atoms with Crippen molar-refractivity contribution in [1.29, 1.82) is 0 Å². The predicted octanol–water partition coefficient (Wildman–Crippen LogP) is 4.89. The molecule has 0 aliphatic rings. The summed E-state index contributed by atoms with van der Waals surface area (Å²) < 4.78 is 7.36. The van der Waals surface area contributed by atoms with Crippen molar-refractivity contribution in [3.8, 4) is 5.75 Å². The summed E-state index contributed by atoms with van der Waals surface area (Å²) >= 11 is 6.91. The molecule has 20 heavy (non-hydrogen) atoms. The molecule has 4 heteroatoms. The number of hydrogen-bond acceptors (Lipinski definition) is 2. The van der Waals surface area contributed by atoms with Crippen molar-refractivity contribution in [2.45, 2.75) is 19.4 Å². The summed E-state index contributed by atoms with van der Waals surface area (Å²) in [7, 11) is 0. The third-order valence-electron chi connectivity index (χ3n) is 2.96. The van der Waals surface area contributed by atoms with Gasteiger partial charge in [0, 0.05) is 10.9 Å². The molecule has 106 valence electrons. The first-order valence-corrected chi connectivity index (χ1v) is 8.03. The Morgan fingerprint density at radius 3 is 2.60 bits per heavy atom. The van der Waals surface area contributed by atoms with Gasteiger partial charge >= 0.3 is 0 Å². The molecule has 0 bridgehead atoms. The van der Waals surface area contributed by atoms with Crippen LogP contribution in [0.3, 0.4) is 0 Å². The lowest BCUT2D eigenvalue weighted by Gasteiger charge is -2.13. The number of ether oxygens (including phenoxy) is 1. The van der Waals surface area contributed by atoms with Crippen molar-refractivity contribution in [2.75, 3.05) is 6.61 Å². The van der Waals surface area contributed by atoms with Gasteiger partial charge in [-0.15, -0.1) is 0 Å². The van der Waals surface area contributed by atoms with Gasteiger partial charge < -0.3 is 9.84 Å². The van der Waals surface area contributed by atoms with Gasteiger partial charge in [-0.2, -0.15) is 0 Å². The number of rotatable bonds is 5. The lowest BCUT2D eigenvalue weighted by atomic mass is 10.0. The van der Waals surface area contributed by atoms with Gasteiger partial charge in [0.15, 0.2) is 0 Å². The van der Waals surface area contributed by atoms with E-state index in [1.807, 2.05) is 49.4 Å².